The molecule has 0 atom stereocenters. The monoisotopic (exact) mass is 205 g/mol. The second kappa shape index (κ2) is 4.62. The maximum Gasteiger partial charge on any atom is 0.0531 e. The van der Waals surface area contributed by atoms with Crippen LogP contribution in [0, 0.1) is 6.92 Å². The average molecular weight is 205 g/mol. The van der Waals surface area contributed by atoms with Gasteiger partial charge < -0.3 is 10.2 Å². The molecule has 0 bridgehead atoms. The van der Waals surface area contributed by atoms with E-state index in [1.165, 1.54) is 31.5 Å². The standard InChI is InChI=1S/C12H19N3/c1-10-7-12(9-13-8-10)14-11-3-5-15(2)6-4-11/h7-9,11,14H,3-6H2,1-2H3. The highest BCUT2D eigenvalue weighted by Gasteiger charge is 2.15. The molecule has 1 aliphatic rings. The molecule has 2 rings (SSSR count). The summed E-state index contributed by atoms with van der Waals surface area (Å²) in [5.74, 6) is 0. The third kappa shape index (κ3) is 2.93. The van der Waals surface area contributed by atoms with Gasteiger partial charge in [0.25, 0.3) is 0 Å². The molecule has 3 nitrogen and oxygen atoms in total. The molecule has 0 aromatic carbocycles. The molecule has 82 valence electrons. The van der Waals surface area contributed by atoms with Gasteiger partial charge in [-0.3, -0.25) is 4.98 Å². The number of aromatic nitrogens is 1. The maximum absolute atomic E-state index is 4.19. The van der Waals surface area contributed by atoms with Gasteiger partial charge in [-0.2, -0.15) is 0 Å². The normalized spacial score (nSPS) is 19.1. The molecule has 0 unspecified atom stereocenters. The molecule has 0 saturated carbocycles. The number of pyridine rings is 1. The molecule has 1 N–H and O–H groups in total. The summed E-state index contributed by atoms with van der Waals surface area (Å²) in [4.78, 5) is 6.57. The van der Waals surface area contributed by atoms with E-state index in [0.717, 1.165) is 5.69 Å². The highest BCUT2D eigenvalue weighted by atomic mass is 15.1. The van der Waals surface area contributed by atoms with Crippen molar-refractivity contribution in [3.05, 3.63) is 24.0 Å². The van der Waals surface area contributed by atoms with Gasteiger partial charge in [0, 0.05) is 18.4 Å². The van der Waals surface area contributed by atoms with Crippen molar-refractivity contribution in [2.75, 3.05) is 25.5 Å². The zero-order chi connectivity index (χ0) is 10.7. The highest BCUT2D eigenvalue weighted by Crippen LogP contribution is 2.15. The van der Waals surface area contributed by atoms with Crippen molar-refractivity contribution in [3.63, 3.8) is 0 Å². The Kier molecular flexibility index (Phi) is 3.21. The minimum Gasteiger partial charge on any atom is -0.381 e. The van der Waals surface area contributed by atoms with E-state index in [9.17, 15) is 0 Å². The van der Waals surface area contributed by atoms with Crippen LogP contribution in [0.2, 0.25) is 0 Å². The van der Waals surface area contributed by atoms with Crippen LogP contribution in [0.25, 0.3) is 0 Å². The molecular formula is C12H19N3. The summed E-state index contributed by atoms with van der Waals surface area (Å²) in [5.41, 5.74) is 2.37. The van der Waals surface area contributed by atoms with Gasteiger partial charge in [0.2, 0.25) is 0 Å². The Morgan fingerprint density at radius 2 is 2.07 bits per heavy atom. The minimum absolute atomic E-state index is 0.616. The fraction of sp³-hybridized carbons (Fsp3) is 0.583. The Bertz CT molecular complexity index is 316. The molecule has 1 fully saturated rings. The van der Waals surface area contributed by atoms with Crippen LogP contribution in [0.4, 0.5) is 5.69 Å². The number of rotatable bonds is 2. The first-order chi connectivity index (χ1) is 7.24. The van der Waals surface area contributed by atoms with Crippen LogP contribution >= 0.6 is 0 Å². The van der Waals surface area contributed by atoms with Crippen LogP contribution in [0.5, 0.6) is 0 Å². The van der Waals surface area contributed by atoms with Crippen LogP contribution in [-0.2, 0) is 0 Å². The zero-order valence-corrected chi connectivity index (χ0v) is 9.53. The quantitative estimate of drug-likeness (QED) is 0.799. The van der Waals surface area contributed by atoms with Crippen LogP contribution < -0.4 is 5.32 Å². The molecular weight excluding hydrogens is 186 g/mol. The Balaban J connectivity index is 1.92. The first-order valence-electron chi connectivity index (χ1n) is 5.61. The van der Waals surface area contributed by atoms with Crippen LogP contribution in [0.15, 0.2) is 18.5 Å². The summed E-state index contributed by atoms with van der Waals surface area (Å²) >= 11 is 0. The number of hydrogen-bond donors (Lipinski definition) is 1. The molecule has 3 heteroatoms. The molecule has 1 aromatic heterocycles. The van der Waals surface area contributed by atoms with E-state index < -0.39 is 0 Å². The minimum atomic E-state index is 0.616. The third-order valence-corrected chi connectivity index (χ3v) is 2.96. The Labute approximate surface area is 91.5 Å². The second-order valence-electron chi connectivity index (χ2n) is 4.47. The number of likely N-dealkylation sites (tertiary alicyclic amines) is 1. The van der Waals surface area contributed by atoms with E-state index in [1.54, 1.807) is 0 Å². The fourth-order valence-corrected chi connectivity index (χ4v) is 2.02. The topological polar surface area (TPSA) is 28.2 Å². The van der Waals surface area contributed by atoms with Crippen LogP contribution in [-0.4, -0.2) is 36.1 Å². The first kappa shape index (κ1) is 10.4. The predicted molar refractivity (Wildman–Crippen MR) is 63.1 cm³/mol. The maximum atomic E-state index is 4.19. The lowest BCUT2D eigenvalue weighted by molar-refractivity contribution is 0.264. The lowest BCUT2D eigenvalue weighted by Gasteiger charge is -2.30. The molecule has 2 heterocycles. The molecule has 0 spiro atoms. The number of anilines is 1. The van der Waals surface area contributed by atoms with Crippen molar-refractivity contribution in [1.29, 1.82) is 0 Å². The summed E-state index contributed by atoms with van der Waals surface area (Å²) in [6.07, 6.45) is 6.25. The van der Waals surface area contributed by atoms with Gasteiger partial charge in [-0.05, 0) is 51.5 Å². The van der Waals surface area contributed by atoms with Crippen LogP contribution in [0.1, 0.15) is 18.4 Å². The number of nitrogens with zero attached hydrogens (tertiary/aromatic N) is 2. The van der Waals surface area contributed by atoms with E-state index in [-0.39, 0.29) is 0 Å². The number of piperidine rings is 1. The van der Waals surface area contributed by atoms with E-state index in [0.29, 0.717) is 6.04 Å². The van der Waals surface area contributed by atoms with Gasteiger partial charge in [-0.25, -0.2) is 0 Å². The van der Waals surface area contributed by atoms with Crippen molar-refractivity contribution in [2.45, 2.75) is 25.8 Å². The second-order valence-corrected chi connectivity index (χ2v) is 4.47. The van der Waals surface area contributed by atoms with Gasteiger partial charge in [0.05, 0.1) is 5.69 Å². The van der Waals surface area contributed by atoms with E-state index in [2.05, 4.69) is 35.2 Å². The number of nitrogens with one attached hydrogen (secondary N) is 1. The van der Waals surface area contributed by atoms with Gasteiger partial charge in [-0.1, -0.05) is 0 Å². The average Bonchev–Trinajstić information content (AvgIpc) is 2.22. The molecule has 0 amide bonds. The Hall–Kier alpha value is -1.09. The molecule has 1 saturated heterocycles. The molecule has 0 aliphatic carbocycles. The van der Waals surface area contributed by atoms with Crippen molar-refractivity contribution in [3.8, 4) is 0 Å². The molecule has 0 radical (unpaired) electrons. The zero-order valence-electron chi connectivity index (χ0n) is 9.53. The van der Waals surface area contributed by atoms with Gasteiger partial charge in [-0.15, -0.1) is 0 Å². The van der Waals surface area contributed by atoms with Crippen molar-refractivity contribution in [1.82, 2.24) is 9.88 Å². The summed E-state index contributed by atoms with van der Waals surface area (Å²) in [7, 11) is 2.18. The summed E-state index contributed by atoms with van der Waals surface area (Å²) in [5, 5.41) is 3.55. The first-order valence-corrected chi connectivity index (χ1v) is 5.61. The van der Waals surface area contributed by atoms with Crippen molar-refractivity contribution >= 4 is 5.69 Å². The van der Waals surface area contributed by atoms with E-state index in [1.807, 2.05) is 12.4 Å². The fourth-order valence-electron chi connectivity index (χ4n) is 2.02. The van der Waals surface area contributed by atoms with Gasteiger partial charge >= 0.3 is 0 Å². The molecule has 1 aliphatic heterocycles. The SMILES string of the molecule is Cc1cncc(NC2CCN(C)CC2)c1. The smallest absolute Gasteiger partial charge is 0.0531 e. The predicted octanol–water partition coefficient (Wildman–Crippen LogP) is 1.90. The van der Waals surface area contributed by atoms with Crippen molar-refractivity contribution < 1.29 is 0 Å². The van der Waals surface area contributed by atoms with Gasteiger partial charge in [0.1, 0.15) is 0 Å². The number of aryl methyl sites for hydroxylation is 1. The lowest BCUT2D eigenvalue weighted by Crippen LogP contribution is -2.36. The summed E-state index contributed by atoms with van der Waals surface area (Å²) in [6, 6.07) is 2.77. The van der Waals surface area contributed by atoms with Gasteiger partial charge in [0.15, 0.2) is 0 Å². The largest absolute Gasteiger partial charge is 0.381 e. The Morgan fingerprint density at radius 1 is 1.33 bits per heavy atom. The van der Waals surface area contributed by atoms with E-state index >= 15 is 0 Å². The van der Waals surface area contributed by atoms with Crippen molar-refractivity contribution in [2.24, 2.45) is 0 Å². The molecule has 1 aromatic rings. The van der Waals surface area contributed by atoms with E-state index in [4.69, 9.17) is 0 Å². The lowest BCUT2D eigenvalue weighted by atomic mass is 10.1. The molecule has 15 heavy (non-hydrogen) atoms. The van der Waals surface area contributed by atoms with Crippen LogP contribution in [0.3, 0.4) is 0 Å². The number of hydrogen-bond acceptors (Lipinski definition) is 3. The highest BCUT2D eigenvalue weighted by molar-refractivity contribution is 5.43. The third-order valence-electron chi connectivity index (χ3n) is 2.96. The summed E-state index contributed by atoms with van der Waals surface area (Å²) < 4.78 is 0. The summed E-state index contributed by atoms with van der Waals surface area (Å²) in [6.45, 7) is 4.46. The Morgan fingerprint density at radius 3 is 2.73 bits per heavy atom.